The van der Waals surface area contributed by atoms with Gasteiger partial charge in [0.1, 0.15) is 11.2 Å². The topological polar surface area (TPSA) is 111 Å². The molecular formula is C22H44N4O4. The van der Waals surface area contributed by atoms with Crippen LogP contribution in [0.4, 0.5) is 9.59 Å². The van der Waals surface area contributed by atoms with Crippen molar-refractivity contribution in [2.24, 2.45) is 11.5 Å². The lowest BCUT2D eigenvalue weighted by molar-refractivity contribution is 0.00899. The van der Waals surface area contributed by atoms with Crippen molar-refractivity contribution in [1.29, 1.82) is 0 Å². The molecule has 0 aromatic heterocycles. The van der Waals surface area contributed by atoms with Gasteiger partial charge in [0.2, 0.25) is 0 Å². The van der Waals surface area contributed by atoms with Crippen LogP contribution in [0.3, 0.4) is 0 Å². The van der Waals surface area contributed by atoms with E-state index in [4.69, 9.17) is 20.9 Å². The molecule has 0 aliphatic carbocycles. The third kappa shape index (κ3) is 9.51. The summed E-state index contributed by atoms with van der Waals surface area (Å²) in [5.41, 5.74) is 10.8. The second-order valence-corrected chi connectivity index (χ2v) is 10.6. The molecule has 8 nitrogen and oxygen atoms in total. The molecular weight excluding hydrogens is 384 g/mol. The van der Waals surface area contributed by atoms with Crippen LogP contribution < -0.4 is 11.5 Å². The third-order valence-corrected chi connectivity index (χ3v) is 5.09. The minimum absolute atomic E-state index is 0.0914. The highest BCUT2D eigenvalue weighted by Gasteiger charge is 2.31. The molecule has 0 radical (unpaired) electrons. The van der Waals surface area contributed by atoms with Gasteiger partial charge in [-0.05, 0) is 81.1 Å². The maximum Gasteiger partial charge on any atom is 0.410 e. The van der Waals surface area contributed by atoms with E-state index in [-0.39, 0.29) is 36.4 Å². The van der Waals surface area contributed by atoms with Gasteiger partial charge >= 0.3 is 12.2 Å². The van der Waals surface area contributed by atoms with E-state index < -0.39 is 11.2 Å². The number of nitrogens with two attached hydrogens (primary N) is 2. The molecule has 30 heavy (non-hydrogen) atoms. The number of amides is 2. The quantitative estimate of drug-likeness (QED) is 0.611. The van der Waals surface area contributed by atoms with Gasteiger partial charge in [-0.1, -0.05) is 0 Å². The summed E-state index contributed by atoms with van der Waals surface area (Å²) < 4.78 is 10.7. The minimum Gasteiger partial charge on any atom is -0.444 e. The molecule has 2 amide bonds. The average molecular weight is 429 g/mol. The molecule has 176 valence electrons. The van der Waals surface area contributed by atoms with Crippen LogP contribution in [-0.4, -0.2) is 70.4 Å². The third-order valence-electron chi connectivity index (χ3n) is 5.09. The Morgan fingerprint density at radius 1 is 0.700 bits per heavy atom. The van der Waals surface area contributed by atoms with E-state index in [1.54, 1.807) is 9.80 Å². The lowest BCUT2D eigenvalue weighted by atomic mass is 10.0. The highest BCUT2D eigenvalue weighted by Crippen LogP contribution is 2.20. The van der Waals surface area contributed by atoms with Crippen LogP contribution in [0, 0.1) is 0 Å². The molecule has 4 atom stereocenters. The van der Waals surface area contributed by atoms with E-state index in [1.165, 1.54) is 0 Å². The molecule has 0 saturated carbocycles. The fraction of sp³-hybridized carbons (Fsp3) is 0.909. The maximum atomic E-state index is 11.8. The normalized spacial score (nSPS) is 27.7. The molecule has 2 fully saturated rings. The van der Waals surface area contributed by atoms with Gasteiger partial charge in [-0.25, -0.2) is 9.59 Å². The fourth-order valence-corrected chi connectivity index (χ4v) is 3.42. The second-order valence-electron chi connectivity index (χ2n) is 10.6. The molecule has 8 heteroatoms. The van der Waals surface area contributed by atoms with Crippen LogP contribution in [0.2, 0.25) is 0 Å². The Balaban J connectivity index is 0.000000300. The maximum absolute atomic E-state index is 11.8. The number of piperidine rings is 2. The predicted octanol–water partition coefficient (Wildman–Crippen LogP) is 3.47. The highest BCUT2D eigenvalue weighted by atomic mass is 16.6. The van der Waals surface area contributed by atoms with E-state index in [2.05, 4.69) is 0 Å². The number of carbonyl (C=O) groups is 2. The lowest BCUT2D eigenvalue weighted by Gasteiger charge is -2.37. The van der Waals surface area contributed by atoms with Crippen molar-refractivity contribution in [3.05, 3.63) is 0 Å². The number of ether oxygens (including phenoxy) is 2. The Morgan fingerprint density at radius 2 is 1.00 bits per heavy atom. The van der Waals surface area contributed by atoms with Gasteiger partial charge in [0.25, 0.3) is 0 Å². The largest absolute Gasteiger partial charge is 0.444 e. The summed E-state index contributed by atoms with van der Waals surface area (Å²) in [6.45, 7) is 16.5. The summed E-state index contributed by atoms with van der Waals surface area (Å²) in [6.07, 6.45) is 3.40. The Morgan fingerprint density at radius 3 is 1.27 bits per heavy atom. The zero-order valence-electron chi connectivity index (χ0n) is 20.2. The van der Waals surface area contributed by atoms with E-state index in [1.807, 2.05) is 55.4 Å². The number of likely N-dealkylation sites (tertiary alicyclic amines) is 2. The van der Waals surface area contributed by atoms with Crippen LogP contribution >= 0.6 is 0 Å². The van der Waals surface area contributed by atoms with Gasteiger partial charge in [-0.15, -0.1) is 0 Å². The number of carbonyl (C=O) groups excluding carboxylic acids is 2. The Bertz CT molecular complexity index is 520. The van der Waals surface area contributed by atoms with Gasteiger partial charge in [0.05, 0.1) is 0 Å². The zero-order chi connectivity index (χ0) is 23.3. The second kappa shape index (κ2) is 10.7. The van der Waals surface area contributed by atoms with Crippen molar-refractivity contribution in [2.45, 2.75) is 116 Å². The van der Waals surface area contributed by atoms with Crippen LogP contribution in [0.15, 0.2) is 0 Å². The smallest absolute Gasteiger partial charge is 0.410 e. The highest BCUT2D eigenvalue weighted by molar-refractivity contribution is 5.69. The first-order valence-corrected chi connectivity index (χ1v) is 11.1. The molecule has 0 unspecified atom stereocenters. The Labute approximate surface area is 182 Å². The first kappa shape index (κ1) is 26.5. The van der Waals surface area contributed by atoms with Gasteiger partial charge in [0.15, 0.2) is 0 Å². The van der Waals surface area contributed by atoms with Crippen molar-refractivity contribution in [3.63, 3.8) is 0 Å². The number of hydrogen-bond donors (Lipinski definition) is 2. The Hall–Kier alpha value is -1.54. The Kier molecular flexibility index (Phi) is 9.42. The lowest BCUT2D eigenvalue weighted by Crippen LogP contribution is -2.51. The number of nitrogens with zero attached hydrogens (tertiary/aromatic N) is 2. The fourth-order valence-electron chi connectivity index (χ4n) is 3.42. The van der Waals surface area contributed by atoms with Crippen molar-refractivity contribution in [3.8, 4) is 0 Å². The van der Waals surface area contributed by atoms with Crippen LogP contribution in [0.25, 0.3) is 0 Å². The van der Waals surface area contributed by atoms with Crippen LogP contribution in [0.1, 0.15) is 81.1 Å². The molecule has 0 aromatic rings. The minimum atomic E-state index is -0.432. The first-order valence-electron chi connectivity index (χ1n) is 11.1. The number of rotatable bonds is 0. The summed E-state index contributed by atoms with van der Waals surface area (Å²) in [6, 6.07) is 0.654. The average Bonchev–Trinajstić information content (AvgIpc) is 2.56. The molecule has 0 bridgehead atoms. The SMILES string of the molecule is C[C@@H]1CC[C@H](N)CN1C(=O)OC(C)(C)C.C[C@H]1CC[C@@H](N)CN1C(=O)OC(C)(C)C. The summed E-state index contributed by atoms with van der Waals surface area (Å²) in [7, 11) is 0. The monoisotopic (exact) mass is 428 g/mol. The van der Waals surface area contributed by atoms with Gasteiger partial charge < -0.3 is 30.7 Å². The predicted molar refractivity (Wildman–Crippen MR) is 119 cm³/mol. The standard InChI is InChI=1S/2C11H22N2O2/c2*1-8-5-6-9(12)7-13(8)10(14)15-11(2,3)4/h2*8-9H,5-7,12H2,1-4H3/t2*8-,9+/m10/s1. The van der Waals surface area contributed by atoms with Crippen LogP contribution in [-0.2, 0) is 9.47 Å². The van der Waals surface area contributed by atoms with Crippen molar-refractivity contribution >= 4 is 12.2 Å². The molecule has 0 spiro atoms. The summed E-state index contributed by atoms with van der Waals surface area (Å²) in [5.74, 6) is 0. The van der Waals surface area contributed by atoms with E-state index in [0.29, 0.717) is 13.1 Å². The van der Waals surface area contributed by atoms with E-state index in [0.717, 1.165) is 25.7 Å². The molecule has 4 N–H and O–H groups in total. The van der Waals surface area contributed by atoms with Crippen molar-refractivity contribution in [2.75, 3.05) is 13.1 Å². The van der Waals surface area contributed by atoms with Gasteiger partial charge in [-0.2, -0.15) is 0 Å². The summed E-state index contributed by atoms with van der Waals surface area (Å²) in [5, 5.41) is 0. The molecule has 0 aromatic carbocycles. The summed E-state index contributed by atoms with van der Waals surface area (Å²) in [4.78, 5) is 27.1. The zero-order valence-corrected chi connectivity index (χ0v) is 20.2. The van der Waals surface area contributed by atoms with Gasteiger partial charge in [0, 0.05) is 37.3 Å². The van der Waals surface area contributed by atoms with Crippen molar-refractivity contribution in [1.82, 2.24) is 9.80 Å². The molecule has 2 rings (SSSR count). The number of hydrogen-bond acceptors (Lipinski definition) is 6. The van der Waals surface area contributed by atoms with Crippen molar-refractivity contribution < 1.29 is 19.1 Å². The molecule has 2 aliphatic heterocycles. The molecule has 2 aliphatic rings. The van der Waals surface area contributed by atoms with Crippen LogP contribution in [0.5, 0.6) is 0 Å². The van der Waals surface area contributed by atoms with Gasteiger partial charge in [-0.3, -0.25) is 0 Å². The first-order chi connectivity index (χ1) is 13.6. The molecule has 2 saturated heterocycles. The molecule has 2 heterocycles. The van der Waals surface area contributed by atoms with E-state index >= 15 is 0 Å². The van der Waals surface area contributed by atoms with E-state index in [9.17, 15) is 9.59 Å². The summed E-state index contributed by atoms with van der Waals surface area (Å²) >= 11 is 0.